The number of pyridine rings is 1. The van der Waals surface area contributed by atoms with E-state index in [0.717, 1.165) is 11.3 Å². The molecule has 0 fully saturated rings. The molecule has 2 aromatic rings. The fourth-order valence-electron chi connectivity index (χ4n) is 1.69. The lowest BCUT2D eigenvalue weighted by molar-refractivity contribution is 0.880. The van der Waals surface area contributed by atoms with E-state index in [-0.39, 0.29) is 6.04 Å². The van der Waals surface area contributed by atoms with Gasteiger partial charge >= 0.3 is 0 Å². The first-order chi connectivity index (χ1) is 8.70. The second-order valence-electron chi connectivity index (χ2n) is 3.95. The van der Waals surface area contributed by atoms with Gasteiger partial charge in [-0.1, -0.05) is 11.6 Å². The molecule has 0 saturated heterocycles. The van der Waals surface area contributed by atoms with Gasteiger partial charge in [0.2, 0.25) is 0 Å². The van der Waals surface area contributed by atoms with Crippen LogP contribution in [0.15, 0.2) is 42.7 Å². The highest BCUT2D eigenvalue weighted by Crippen LogP contribution is 2.23. The number of rotatable bonds is 3. The summed E-state index contributed by atoms with van der Waals surface area (Å²) in [5.74, 6) is 0. The number of nitriles is 1. The maximum absolute atomic E-state index is 8.92. The molecule has 1 unspecified atom stereocenters. The Hall–Kier alpha value is -2.05. The van der Waals surface area contributed by atoms with Crippen molar-refractivity contribution in [2.75, 3.05) is 5.32 Å². The van der Waals surface area contributed by atoms with Crippen molar-refractivity contribution in [3.05, 3.63) is 58.9 Å². The van der Waals surface area contributed by atoms with E-state index >= 15 is 0 Å². The molecule has 90 valence electrons. The molecule has 18 heavy (non-hydrogen) atoms. The molecule has 0 radical (unpaired) electrons. The molecular formula is C14H12ClN3. The summed E-state index contributed by atoms with van der Waals surface area (Å²) in [5, 5.41) is 12.7. The first kappa shape index (κ1) is 12.4. The Labute approximate surface area is 111 Å². The van der Waals surface area contributed by atoms with Crippen LogP contribution in [0.25, 0.3) is 0 Å². The van der Waals surface area contributed by atoms with E-state index in [1.807, 2.05) is 18.2 Å². The average molecular weight is 258 g/mol. The predicted molar refractivity (Wildman–Crippen MR) is 72.4 cm³/mol. The predicted octanol–water partition coefficient (Wildman–Crippen LogP) is 3.78. The molecule has 1 N–H and O–H groups in total. The van der Waals surface area contributed by atoms with Gasteiger partial charge < -0.3 is 5.32 Å². The lowest BCUT2D eigenvalue weighted by atomic mass is 10.1. The third-order valence-corrected chi connectivity index (χ3v) is 3.01. The van der Waals surface area contributed by atoms with E-state index in [2.05, 4.69) is 23.3 Å². The highest BCUT2D eigenvalue weighted by atomic mass is 35.5. The zero-order chi connectivity index (χ0) is 13.0. The van der Waals surface area contributed by atoms with Gasteiger partial charge in [0, 0.05) is 24.1 Å². The quantitative estimate of drug-likeness (QED) is 0.910. The SMILES string of the molecule is CC(Nc1ccc(Cl)c(C#N)c1)c1ccncc1. The molecule has 2 rings (SSSR count). The molecule has 0 amide bonds. The van der Waals surface area contributed by atoms with E-state index in [9.17, 15) is 0 Å². The fraction of sp³-hybridized carbons (Fsp3) is 0.143. The molecule has 1 aromatic carbocycles. The van der Waals surface area contributed by atoms with Gasteiger partial charge in [0.1, 0.15) is 6.07 Å². The Morgan fingerprint density at radius 1 is 1.28 bits per heavy atom. The van der Waals surface area contributed by atoms with E-state index in [1.165, 1.54) is 0 Å². The molecule has 0 aliphatic rings. The second-order valence-corrected chi connectivity index (χ2v) is 4.36. The number of hydrogen-bond acceptors (Lipinski definition) is 3. The van der Waals surface area contributed by atoms with Crippen LogP contribution in [0.1, 0.15) is 24.1 Å². The van der Waals surface area contributed by atoms with Crippen molar-refractivity contribution in [3.63, 3.8) is 0 Å². The lowest BCUT2D eigenvalue weighted by Crippen LogP contribution is -2.06. The summed E-state index contributed by atoms with van der Waals surface area (Å²) < 4.78 is 0. The maximum atomic E-state index is 8.92. The Bertz CT molecular complexity index is 575. The zero-order valence-corrected chi connectivity index (χ0v) is 10.6. The Morgan fingerprint density at radius 3 is 2.67 bits per heavy atom. The third kappa shape index (κ3) is 2.79. The molecule has 0 aliphatic heterocycles. The molecule has 3 nitrogen and oxygen atoms in total. The van der Waals surface area contributed by atoms with Crippen LogP contribution < -0.4 is 5.32 Å². The van der Waals surface area contributed by atoms with Gasteiger partial charge in [-0.15, -0.1) is 0 Å². The van der Waals surface area contributed by atoms with Crippen LogP contribution in [-0.4, -0.2) is 4.98 Å². The van der Waals surface area contributed by atoms with Crippen LogP contribution in [0.2, 0.25) is 5.02 Å². The average Bonchev–Trinajstić information content (AvgIpc) is 2.42. The summed E-state index contributed by atoms with van der Waals surface area (Å²) in [6, 6.07) is 11.5. The minimum absolute atomic E-state index is 0.140. The monoisotopic (exact) mass is 257 g/mol. The van der Waals surface area contributed by atoms with Crippen LogP contribution in [0.4, 0.5) is 5.69 Å². The number of benzene rings is 1. The summed E-state index contributed by atoms with van der Waals surface area (Å²) in [6.45, 7) is 2.05. The molecular weight excluding hydrogens is 246 g/mol. The normalized spacial score (nSPS) is 11.6. The van der Waals surface area contributed by atoms with Gasteiger partial charge in [-0.2, -0.15) is 5.26 Å². The summed E-state index contributed by atoms with van der Waals surface area (Å²) in [7, 11) is 0. The number of nitrogens with zero attached hydrogens (tertiary/aromatic N) is 2. The molecule has 0 saturated carbocycles. The molecule has 0 bridgehead atoms. The van der Waals surface area contributed by atoms with Crippen molar-refractivity contribution in [2.24, 2.45) is 0 Å². The summed E-state index contributed by atoms with van der Waals surface area (Å²) in [5.41, 5.74) is 2.49. The largest absolute Gasteiger partial charge is 0.378 e. The first-order valence-electron chi connectivity index (χ1n) is 5.57. The molecule has 0 spiro atoms. The van der Waals surface area contributed by atoms with E-state index in [4.69, 9.17) is 16.9 Å². The van der Waals surface area contributed by atoms with Gasteiger partial charge in [0.15, 0.2) is 0 Å². The van der Waals surface area contributed by atoms with Crippen molar-refractivity contribution < 1.29 is 0 Å². The Balaban J connectivity index is 2.18. The van der Waals surface area contributed by atoms with Crippen molar-refractivity contribution in [1.82, 2.24) is 4.98 Å². The Kier molecular flexibility index (Phi) is 3.81. The number of halogens is 1. The lowest BCUT2D eigenvalue weighted by Gasteiger charge is -2.15. The summed E-state index contributed by atoms with van der Waals surface area (Å²) >= 11 is 5.89. The van der Waals surface area contributed by atoms with Crippen LogP contribution in [0, 0.1) is 11.3 Å². The maximum Gasteiger partial charge on any atom is 0.101 e. The summed E-state index contributed by atoms with van der Waals surface area (Å²) in [4.78, 5) is 3.99. The molecule has 1 aromatic heterocycles. The van der Waals surface area contributed by atoms with Gasteiger partial charge in [-0.05, 0) is 42.8 Å². The van der Waals surface area contributed by atoms with Crippen molar-refractivity contribution in [1.29, 1.82) is 5.26 Å². The molecule has 4 heteroatoms. The van der Waals surface area contributed by atoms with Crippen LogP contribution in [-0.2, 0) is 0 Å². The van der Waals surface area contributed by atoms with E-state index < -0.39 is 0 Å². The fourth-order valence-corrected chi connectivity index (χ4v) is 1.85. The Morgan fingerprint density at radius 2 is 2.00 bits per heavy atom. The van der Waals surface area contributed by atoms with E-state index in [1.54, 1.807) is 24.5 Å². The minimum Gasteiger partial charge on any atom is -0.378 e. The smallest absolute Gasteiger partial charge is 0.101 e. The topological polar surface area (TPSA) is 48.7 Å². The molecule has 1 heterocycles. The van der Waals surface area contributed by atoms with Crippen LogP contribution in [0.3, 0.4) is 0 Å². The standard InChI is InChI=1S/C14H12ClN3/c1-10(11-4-6-17-7-5-11)18-13-2-3-14(15)12(8-13)9-16/h2-8,10,18H,1H3. The van der Waals surface area contributed by atoms with E-state index in [0.29, 0.717) is 10.6 Å². The minimum atomic E-state index is 0.140. The number of aromatic nitrogens is 1. The van der Waals surface area contributed by atoms with Crippen LogP contribution in [0.5, 0.6) is 0 Å². The zero-order valence-electron chi connectivity index (χ0n) is 9.89. The number of nitrogens with one attached hydrogen (secondary N) is 1. The summed E-state index contributed by atoms with van der Waals surface area (Å²) in [6.07, 6.45) is 3.52. The first-order valence-corrected chi connectivity index (χ1v) is 5.94. The van der Waals surface area contributed by atoms with Crippen molar-refractivity contribution in [3.8, 4) is 6.07 Å². The molecule has 1 atom stereocenters. The van der Waals surface area contributed by atoms with Gasteiger partial charge in [0.05, 0.1) is 10.6 Å². The third-order valence-electron chi connectivity index (χ3n) is 2.68. The second kappa shape index (κ2) is 5.52. The molecule has 0 aliphatic carbocycles. The van der Waals surface area contributed by atoms with Crippen LogP contribution >= 0.6 is 11.6 Å². The number of hydrogen-bond donors (Lipinski definition) is 1. The highest BCUT2D eigenvalue weighted by molar-refractivity contribution is 6.31. The van der Waals surface area contributed by atoms with Gasteiger partial charge in [0.25, 0.3) is 0 Å². The highest BCUT2D eigenvalue weighted by Gasteiger charge is 2.06. The van der Waals surface area contributed by atoms with Crippen molar-refractivity contribution >= 4 is 17.3 Å². The van der Waals surface area contributed by atoms with Gasteiger partial charge in [-0.25, -0.2) is 0 Å². The number of anilines is 1. The van der Waals surface area contributed by atoms with Crippen molar-refractivity contribution in [2.45, 2.75) is 13.0 Å². The van der Waals surface area contributed by atoms with Gasteiger partial charge in [-0.3, -0.25) is 4.98 Å².